The highest BCUT2D eigenvalue weighted by atomic mass is 35.5. The Hall–Kier alpha value is -1.06. The van der Waals surface area contributed by atoms with Gasteiger partial charge in [-0.05, 0) is 31.5 Å². The first-order valence-corrected chi connectivity index (χ1v) is 5.57. The maximum Gasteiger partial charge on any atom is 0.251 e. The maximum absolute atomic E-state index is 11.8. The van der Waals surface area contributed by atoms with E-state index in [1.54, 1.807) is 31.2 Å². The van der Waals surface area contributed by atoms with Crippen LogP contribution in [0.5, 0.6) is 0 Å². The number of aliphatic hydroxyl groups excluding tert-OH is 1. The van der Waals surface area contributed by atoms with Crippen LogP contribution in [-0.4, -0.2) is 23.2 Å². The molecule has 0 saturated carbocycles. The molecule has 16 heavy (non-hydrogen) atoms. The number of amides is 1. The summed E-state index contributed by atoms with van der Waals surface area (Å²) in [4.78, 5) is 11.8. The Morgan fingerprint density at radius 3 is 2.75 bits per heavy atom. The summed E-state index contributed by atoms with van der Waals surface area (Å²) < 4.78 is 0. The zero-order chi connectivity index (χ0) is 12.2. The average molecular weight is 242 g/mol. The molecule has 0 radical (unpaired) electrons. The SMILES string of the molecule is CCC(C)(CO)NC(=O)c1cccc(Cl)c1. The molecule has 0 fully saturated rings. The Labute approximate surface area is 100 Å². The zero-order valence-electron chi connectivity index (χ0n) is 9.46. The Balaban J connectivity index is 2.80. The minimum Gasteiger partial charge on any atom is -0.394 e. The van der Waals surface area contributed by atoms with Crippen LogP contribution in [0.4, 0.5) is 0 Å². The molecule has 0 aliphatic heterocycles. The van der Waals surface area contributed by atoms with Gasteiger partial charge in [-0.3, -0.25) is 4.79 Å². The highest BCUT2D eigenvalue weighted by Gasteiger charge is 2.23. The molecule has 0 bridgehead atoms. The van der Waals surface area contributed by atoms with E-state index in [2.05, 4.69) is 5.32 Å². The highest BCUT2D eigenvalue weighted by Crippen LogP contribution is 2.13. The molecule has 0 heterocycles. The Morgan fingerprint density at radius 2 is 2.25 bits per heavy atom. The summed E-state index contributed by atoms with van der Waals surface area (Å²) >= 11 is 5.80. The lowest BCUT2D eigenvalue weighted by atomic mass is 9.99. The minimum absolute atomic E-state index is 0.0875. The molecule has 0 saturated heterocycles. The lowest BCUT2D eigenvalue weighted by molar-refractivity contribution is 0.0847. The molecule has 1 aromatic rings. The van der Waals surface area contributed by atoms with Crippen molar-refractivity contribution in [3.8, 4) is 0 Å². The number of nitrogens with one attached hydrogen (secondary N) is 1. The summed E-state index contributed by atoms with van der Waals surface area (Å²) in [5.74, 6) is -0.221. The third-order valence-electron chi connectivity index (χ3n) is 2.63. The van der Waals surface area contributed by atoms with E-state index in [1.165, 1.54) is 0 Å². The number of halogens is 1. The third-order valence-corrected chi connectivity index (χ3v) is 2.87. The summed E-state index contributed by atoms with van der Waals surface area (Å²) in [5.41, 5.74) is -0.0833. The molecule has 1 rings (SSSR count). The van der Waals surface area contributed by atoms with Crippen molar-refractivity contribution >= 4 is 17.5 Å². The van der Waals surface area contributed by atoms with Gasteiger partial charge in [0.2, 0.25) is 0 Å². The maximum atomic E-state index is 11.8. The predicted molar refractivity (Wildman–Crippen MR) is 64.7 cm³/mol. The first-order valence-electron chi connectivity index (χ1n) is 5.19. The number of hydrogen-bond donors (Lipinski definition) is 2. The van der Waals surface area contributed by atoms with Crippen molar-refractivity contribution < 1.29 is 9.90 Å². The van der Waals surface area contributed by atoms with E-state index >= 15 is 0 Å². The van der Waals surface area contributed by atoms with Crippen molar-refractivity contribution in [2.75, 3.05) is 6.61 Å². The average Bonchev–Trinajstić information content (AvgIpc) is 2.29. The van der Waals surface area contributed by atoms with E-state index in [0.717, 1.165) is 0 Å². The molecule has 3 nitrogen and oxygen atoms in total. The van der Waals surface area contributed by atoms with Crippen LogP contribution in [0.15, 0.2) is 24.3 Å². The molecule has 0 spiro atoms. The molecular formula is C12H16ClNO2. The van der Waals surface area contributed by atoms with Crippen LogP contribution in [0.2, 0.25) is 5.02 Å². The fourth-order valence-corrected chi connectivity index (χ4v) is 1.41. The Bertz CT molecular complexity index is 375. The fourth-order valence-electron chi connectivity index (χ4n) is 1.22. The van der Waals surface area contributed by atoms with Crippen LogP contribution in [0, 0.1) is 0 Å². The van der Waals surface area contributed by atoms with Gasteiger partial charge >= 0.3 is 0 Å². The fraction of sp³-hybridized carbons (Fsp3) is 0.417. The standard InChI is InChI=1S/C12H16ClNO2/c1-3-12(2,8-15)14-11(16)9-5-4-6-10(13)7-9/h4-7,15H,3,8H2,1-2H3,(H,14,16). The number of carbonyl (C=O) groups excluding carboxylic acids is 1. The molecule has 88 valence electrons. The molecular weight excluding hydrogens is 226 g/mol. The van der Waals surface area contributed by atoms with E-state index < -0.39 is 5.54 Å². The van der Waals surface area contributed by atoms with E-state index in [4.69, 9.17) is 11.6 Å². The number of aliphatic hydroxyl groups is 1. The van der Waals surface area contributed by atoms with Gasteiger partial charge < -0.3 is 10.4 Å². The lowest BCUT2D eigenvalue weighted by Crippen LogP contribution is -2.48. The third kappa shape index (κ3) is 3.22. The van der Waals surface area contributed by atoms with Crippen LogP contribution in [0.1, 0.15) is 30.6 Å². The smallest absolute Gasteiger partial charge is 0.251 e. The van der Waals surface area contributed by atoms with E-state index in [0.29, 0.717) is 17.0 Å². The van der Waals surface area contributed by atoms with Gasteiger partial charge in [0.05, 0.1) is 12.1 Å². The van der Waals surface area contributed by atoms with E-state index in [1.807, 2.05) is 6.92 Å². The number of rotatable bonds is 4. The monoisotopic (exact) mass is 241 g/mol. The van der Waals surface area contributed by atoms with Crippen LogP contribution in [-0.2, 0) is 0 Å². The Kier molecular flexibility index (Phi) is 4.33. The number of carbonyl (C=O) groups is 1. The lowest BCUT2D eigenvalue weighted by Gasteiger charge is -2.27. The van der Waals surface area contributed by atoms with Crippen LogP contribution in [0.3, 0.4) is 0 Å². The molecule has 4 heteroatoms. The highest BCUT2D eigenvalue weighted by molar-refractivity contribution is 6.30. The van der Waals surface area contributed by atoms with Gasteiger partial charge in [0.1, 0.15) is 0 Å². The normalized spacial score (nSPS) is 14.2. The zero-order valence-corrected chi connectivity index (χ0v) is 10.2. The van der Waals surface area contributed by atoms with Crippen LogP contribution < -0.4 is 5.32 Å². The van der Waals surface area contributed by atoms with Gasteiger partial charge in [0.15, 0.2) is 0 Å². The van der Waals surface area contributed by atoms with Gasteiger partial charge in [-0.15, -0.1) is 0 Å². The molecule has 0 aromatic heterocycles. The quantitative estimate of drug-likeness (QED) is 0.849. The van der Waals surface area contributed by atoms with Gasteiger partial charge in [-0.25, -0.2) is 0 Å². The largest absolute Gasteiger partial charge is 0.394 e. The summed E-state index contributed by atoms with van der Waals surface area (Å²) in [6.45, 7) is 3.62. The van der Waals surface area contributed by atoms with E-state index in [9.17, 15) is 9.90 Å². The van der Waals surface area contributed by atoms with Crippen molar-refractivity contribution in [3.63, 3.8) is 0 Å². The predicted octanol–water partition coefficient (Wildman–Crippen LogP) is 2.23. The van der Waals surface area contributed by atoms with Crippen LogP contribution in [0.25, 0.3) is 0 Å². The molecule has 1 atom stereocenters. The minimum atomic E-state index is -0.584. The first kappa shape index (κ1) is 13.0. The van der Waals surface area contributed by atoms with E-state index in [-0.39, 0.29) is 12.5 Å². The van der Waals surface area contributed by atoms with Crippen molar-refractivity contribution in [1.29, 1.82) is 0 Å². The number of benzene rings is 1. The molecule has 0 aliphatic carbocycles. The van der Waals surface area contributed by atoms with Gasteiger partial charge in [-0.1, -0.05) is 24.6 Å². The Morgan fingerprint density at radius 1 is 1.56 bits per heavy atom. The molecule has 1 amide bonds. The summed E-state index contributed by atoms with van der Waals surface area (Å²) in [7, 11) is 0. The second-order valence-electron chi connectivity index (χ2n) is 4.04. The van der Waals surface area contributed by atoms with Crippen LogP contribution >= 0.6 is 11.6 Å². The second kappa shape index (κ2) is 5.32. The molecule has 0 aliphatic rings. The molecule has 1 aromatic carbocycles. The first-order chi connectivity index (χ1) is 7.50. The van der Waals surface area contributed by atoms with Gasteiger partial charge in [0.25, 0.3) is 5.91 Å². The number of hydrogen-bond acceptors (Lipinski definition) is 2. The topological polar surface area (TPSA) is 49.3 Å². The second-order valence-corrected chi connectivity index (χ2v) is 4.47. The van der Waals surface area contributed by atoms with Gasteiger partial charge in [-0.2, -0.15) is 0 Å². The van der Waals surface area contributed by atoms with Crippen molar-refractivity contribution in [1.82, 2.24) is 5.32 Å². The van der Waals surface area contributed by atoms with Crippen molar-refractivity contribution in [3.05, 3.63) is 34.9 Å². The van der Waals surface area contributed by atoms with Crippen molar-refractivity contribution in [2.45, 2.75) is 25.8 Å². The van der Waals surface area contributed by atoms with Gasteiger partial charge in [0, 0.05) is 10.6 Å². The molecule has 1 unspecified atom stereocenters. The summed E-state index contributed by atoms with van der Waals surface area (Å²) in [5, 5.41) is 12.5. The summed E-state index contributed by atoms with van der Waals surface area (Å²) in [6.07, 6.45) is 0.663. The molecule has 2 N–H and O–H groups in total. The van der Waals surface area contributed by atoms with Crippen molar-refractivity contribution in [2.24, 2.45) is 0 Å². The summed E-state index contributed by atoms with van der Waals surface area (Å²) in [6, 6.07) is 6.72.